The summed E-state index contributed by atoms with van der Waals surface area (Å²) >= 11 is 0. The summed E-state index contributed by atoms with van der Waals surface area (Å²) in [6.45, 7) is 4.02. The highest BCUT2D eigenvalue weighted by atomic mass is 19.4. The Morgan fingerprint density at radius 1 is 1.16 bits per heavy atom. The summed E-state index contributed by atoms with van der Waals surface area (Å²) in [5.74, 6) is 0.571. The van der Waals surface area contributed by atoms with E-state index in [1.807, 2.05) is 0 Å². The first-order valence-electron chi connectivity index (χ1n) is 10.7. The maximum atomic E-state index is 13.5. The number of alkyl halides is 3. The minimum absolute atomic E-state index is 0.0395. The molecule has 2 fully saturated rings. The molecule has 0 radical (unpaired) electrons. The van der Waals surface area contributed by atoms with Crippen LogP contribution in [0.5, 0.6) is 5.75 Å². The largest absolute Gasteiger partial charge is 0.493 e. The summed E-state index contributed by atoms with van der Waals surface area (Å²) in [6, 6.07) is 7.13. The molecule has 174 valence electrons. The predicted molar refractivity (Wildman–Crippen MR) is 115 cm³/mol. The molecule has 1 aliphatic heterocycles. The van der Waals surface area contributed by atoms with E-state index in [4.69, 9.17) is 15.2 Å². The molecule has 1 aliphatic carbocycles. The fourth-order valence-corrected chi connectivity index (χ4v) is 3.77. The molecule has 4 rings (SSSR count). The Bertz CT molecular complexity index is 911. The van der Waals surface area contributed by atoms with Gasteiger partial charge in [-0.1, -0.05) is 6.92 Å². The molecule has 1 aromatic heterocycles. The number of rotatable bonds is 7. The monoisotopic (exact) mass is 451 g/mol. The van der Waals surface area contributed by atoms with Crippen LogP contribution in [0.1, 0.15) is 38.2 Å². The Hall–Kier alpha value is -2.59. The second-order valence-corrected chi connectivity index (χ2v) is 8.95. The van der Waals surface area contributed by atoms with Crippen molar-refractivity contribution in [2.45, 2.75) is 50.9 Å². The van der Waals surface area contributed by atoms with Crippen LogP contribution in [0.15, 0.2) is 30.5 Å². The number of hydrogen-bond donors (Lipinski definition) is 3. The Kier molecular flexibility index (Phi) is 6.43. The molecule has 2 aliphatic rings. The number of nitrogens with one attached hydrogen (secondary N) is 2. The average Bonchev–Trinajstić information content (AvgIpc) is 2.73. The molecule has 10 heteroatoms. The summed E-state index contributed by atoms with van der Waals surface area (Å²) in [4.78, 5) is 8.00. The van der Waals surface area contributed by atoms with Gasteiger partial charge in [0.2, 0.25) is 5.95 Å². The van der Waals surface area contributed by atoms with Crippen molar-refractivity contribution in [3.05, 3.63) is 36.0 Å². The van der Waals surface area contributed by atoms with Crippen LogP contribution in [-0.4, -0.2) is 41.9 Å². The Morgan fingerprint density at radius 3 is 2.44 bits per heavy atom. The van der Waals surface area contributed by atoms with Crippen molar-refractivity contribution in [3.8, 4) is 5.75 Å². The molecule has 1 aromatic carbocycles. The minimum Gasteiger partial charge on any atom is -0.493 e. The lowest BCUT2D eigenvalue weighted by Crippen LogP contribution is -2.44. The van der Waals surface area contributed by atoms with Gasteiger partial charge in [0.15, 0.2) is 0 Å². The van der Waals surface area contributed by atoms with Crippen molar-refractivity contribution in [3.63, 3.8) is 0 Å². The second-order valence-electron chi connectivity index (χ2n) is 8.95. The van der Waals surface area contributed by atoms with Crippen molar-refractivity contribution in [2.24, 2.45) is 11.1 Å². The van der Waals surface area contributed by atoms with Crippen molar-refractivity contribution in [1.29, 1.82) is 0 Å². The third-order valence-corrected chi connectivity index (χ3v) is 5.81. The molecule has 0 unspecified atom stereocenters. The van der Waals surface area contributed by atoms with E-state index >= 15 is 0 Å². The van der Waals surface area contributed by atoms with E-state index in [9.17, 15) is 13.2 Å². The second kappa shape index (κ2) is 9.11. The highest BCUT2D eigenvalue weighted by Crippen LogP contribution is 2.35. The van der Waals surface area contributed by atoms with Gasteiger partial charge in [-0.15, -0.1) is 0 Å². The quantitative estimate of drug-likeness (QED) is 0.577. The highest BCUT2D eigenvalue weighted by Gasteiger charge is 2.36. The van der Waals surface area contributed by atoms with E-state index in [1.54, 1.807) is 24.3 Å². The lowest BCUT2D eigenvalue weighted by atomic mass is 9.90. The molecular weight excluding hydrogens is 423 g/mol. The number of aromatic nitrogens is 2. The van der Waals surface area contributed by atoms with Gasteiger partial charge in [0.1, 0.15) is 17.1 Å². The molecule has 32 heavy (non-hydrogen) atoms. The fraction of sp³-hybridized carbons (Fsp3) is 0.545. The number of benzene rings is 1. The lowest BCUT2D eigenvalue weighted by molar-refractivity contribution is -0.137. The van der Waals surface area contributed by atoms with Crippen molar-refractivity contribution < 1.29 is 22.6 Å². The van der Waals surface area contributed by atoms with E-state index in [0.29, 0.717) is 44.1 Å². The zero-order valence-corrected chi connectivity index (χ0v) is 17.9. The van der Waals surface area contributed by atoms with Crippen LogP contribution in [0.2, 0.25) is 0 Å². The zero-order valence-electron chi connectivity index (χ0n) is 17.9. The summed E-state index contributed by atoms with van der Waals surface area (Å²) in [5, 5.41) is 5.92. The number of anilines is 3. The number of halogens is 3. The van der Waals surface area contributed by atoms with Crippen LogP contribution in [0.4, 0.5) is 30.6 Å². The van der Waals surface area contributed by atoms with Crippen molar-refractivity contribution in [1.82, 2.24) is 9.97 Å². The standard InChI is InChI=1S/C22H28F3N5O2/c1-21(11-31-12-21)13-32-17-8-6-16(7-9-17)29-20-27-10-18(22(23,24)25)19(30-20)28-15-4-2-14(26)3-5-15/h6-10,14-15H,2-5,11-13,26H2,1H3,(H2,27,28,29,30). The summed E-state index contributed by atoms with van der Waals surface area (Å²) < 4.78 is 51.4. The van der Waals surface area contributed by atoms with Crippen molar-refractivity contribution >= 4 is 17.5 Å². The minimum atomic E-state index is -4.55. The molecule has 1 saturated heterocycles. The molecule has 0 spiro atoms. The van der Waals surface area contributed by atoms with E-state index in [0.717, 1.165) is 19.0 Å². The third-order valence-electron chi connectivity index (χ3n) is 5.81. The van der Waals surface area contributed by atoms with Crippen LogP contribution >= 0.6 is 0 Å². The molecular formula is C22H28F3N5O2. The molecule has 7 nitrogen and oxygen atoms in total. The maximum Gasteiger partial charge on any atom is 0.421 e. The lowest BCUT2D eigenvalue weighted by Gasteiger charge is -2.37. The van der Waals surface area contributed by atoms with E-state index in [1.165, 1.54) is 0 Å². The Balaban J connectivity index is 1.43. The van der Waals surface area contributed by atoms with Gasteiger partial charge in [-0.25, -0.2) is 4.98 Å². The van der Waals surface area contributed by atoms with Gasteiger partial charge in [0.25, 0.3) is 0 Å². The van der Waals surface area contributed by atoms with Crippen LogP contribution in [0.3, 0.4) is 0 Å². The molecule has 0 amide bonds. The van der Waals surface area contributed by atoms with Crippen LogP contribution < -0.4 is 21.1 Å². The van der Waals surface area contributed by atoms with Gasteiger partial charge in [-0.3, -0.25) is 0 Å². The van der Waals surface area contributed by atoms with Crippen LogP contribution in [0.25, 0.3) is 0 Å². The maximum absolute atomic E-state index is 13.5. The Labute approximate surface area is 184 Å². The van der Waals surface area contributed by atoms with Gasteiger partial charge >= 0.3 is 6.18 Å². The molecule has 1 saturated carbocycles. The zero-order chi connectivity index (χ0) is 22.8. The van der Waals surface area contributed by atoms with E-state index in [-0.39, 0.29) is 29.3 Å². The molecule has 0 atom stereocenters. The summed E-state index contributed by atoms with van der Waals surface area (Å²) in [7, 11) is 0. The molecule has 4 N–H and O–H groups in total. The third kappa shape index (κ3) is 5.60. The van der Waals surface area contributed by atoms with Gasteiger partial charge in [-0.05, 0) is 49.9 Å². The van der Waals surface area contributed by atoms with Gasteiger partial charge in [-0.2, -0.15) is 18.2 Å². The normalized spacial score (nSPS) is 22.7. The van der Waals surface area contributed by atoms with Crippen LogP contribution in [0, 0.1) is 5.41 Å². The van der Waals surface area contributed by atoms with Crippen molar-refractivity contribution in [2.75, 3.05) is 30.5 Å². The van der Waals surface area contributed by atoms with Gasteiger partial charge in [0.05, 0.1) is 19.8 Å². The summed E-state index contributed by atoms with van der Waals surface area (Å²) in [6.07, 6.45) is -0.778. The van der Waals surface area contributed by atoms with Crippen LogP contribution in [-0.2, 0) is 10.9 Å². The smallest absolute Gasteiger partial charge is 0.421 e. The molecule has 0 bridgehead atoms. The summed E-state index contributed by atoms with van der Waals surface area (Å²) in [5.41, 5.74) is 5.71. The highest BCUT2D eigenvalue weighted by molar-refractivity contribution is 5.57. The number of ether oxygens (including phenoxy) is 2. The average molecular weight is 451 g/mol. The van der Waals surface area contributed by atoms with E-state index in [2.05, 4.69) is 27.5 Å². The topological polar surface area (TPSA) is 94.3 Å². The molecule has 2 heterocycles. The fourth-order valence-electron chi connectivity index (χ4n) is 3.77. The number of nitrogens with two attached hydrogens (primary N) is 1. The van der Waals surface area contributed by atoms with E-state index < -0.39 is 11.7 Å². The van der Waals surface area contributed by atoms with Gasteiger partial charge < -0.3 is 25.8 Å². The first-order valence-corrected chi connectivity index (χ1v) is 10.7. The Morgan fingerprint density at radius 2 is 1.84 bits per heavy atom. The van der Waals surface area contributed by atoms with Gasteiger partial charge in [0, 0.05) is 29.4 Å². The first-order chi connectivity index (χ1) is 15.2. The number of nitrogens with zero attached hydrogens (tertiary/aromatic N) is 2. The predicted octanol–water partition coefficient (Wildman–Crippen LogP) is 4.34. The number of hydrogen-bond acceptors (Lipinski definition) is 7. The SMILES string of the molecule is CC1(COc2ccc(Nc3ncc(C(F)(F)F)c(NC4CCC(N)CC4)n3)cc2)COC1. The molecule has 2 aromatic rings. The first kappa shape index (κ1) is 22.6.